The Kier molecular flexibility index (Phi) is 9.10. The molecule has 1 aliphatic rings. The van der Waals surface area contributed by atoms with E-state index in [1.165, 1.54) is 75.1 Å². The van der Waals surface area contributed by atoms with Gasteiger partial charge in [0.25, 0.3) is 0 Å². The van der Waals surface area contributed by atoms with Crippen molar-refractivity contribution in [2.45, 2.75) is 0 Å². The molecule has 0 saturated heterocycles. The van der Waals surface area contributed by atoms with Crippen LogP contribution in [0.1, 0.15) is 0 Å². The number of fused-ring (bicyclic) bond motifs is 10. The monoisotopic (exact) mass is 932 g/mol. The topological polar surface area (TPSA) is 43.6 Å². The first-order chi connectivity index (χ1) is 35.7. The lowest BCUT2D eigenvalue weighted by atomic mass is 9.96. The fourth-order valence-corrected chi connectivity index (χ4v) is 12.3. The highest BCUT2D eigenvalue weighted by atomic mass is 32.1. The van der Waals surface area contributed by atoms with Crippen molar-refractivity contribution < 1.29 is 0 Å². The maximum atomic E-state index is 5.31. The first-order valence-electron chi connectivity index (χ1n) is 24.4. The van der Waals surface area contributed by atoms with Crippen molar-refractivity contribution >= 4 is 64.1 Å². The lowest BCUT2D eigenvalue weighted by Gasteiger charge is -2.13. The van der Waals surface area contributed by atoms with Gasteiger partial charge in [0.15, 0.2) is 17.5 Å². The molecule has 0 spiro atoms. The molecule has 0 saturated carbocycles. The van der Waals surface area contributed by atoms with Crippen LogP contribution in [0.5, 0.6) is 0 Å². The lowest BCUT2D eigenvalue weighted by Crippen LogP contribution is -2.01. The van der Waals surface area contributed by atoms with Gasteiger partial charge in [0.1, 0.15) is 0 Å². The van der Waals surface area contributed by atoms with Crippen LogP contribution < -0.4 is 0 Å². The highest BCUT2D eigenvalue weighted by molar-refractivity contribution is 7.25. The summed E-state index contributed by atoms with van der Waals surface area (Å²) in [6.45, 7) is 0. The maximum Gasteiger partial charge on any atom is 0.164 e. The second kappa shape index (κ2) is 16.1. The lowest BCUT2D eigenvalue weighted by molar-refractivity contribution is 1.07. The predicted octanol–water partition coefficient (Wildman–Crippen LogP) is 18.1. The predicted molar refractivity (Wildman–Crippen MR) is 302 cm³/mol. The van der Waals surface area contributed by atoms with Crippen molar-refractivity contribution in [2.24, 2.45) is 0 Å². The molecular formula is C67H40N4S. The molecule has 0 aliphatic heterocycles. The summed E-state index contributed by atoms with van der Waals surface area (Å²) in [6.07, 6.45) is 0. The van der Waals surface area contributed by atoms with Gasteiger partial charge in [0.05, 0.1) is 11.0 Å². The molecule has 5 heteroatoms. The molecule has 0 fully saturated rings. The molecule has 15 rings (SSSR count). The second-order valence-corrected chi connectivity index (χ2v) is 19.8. The van der Waals surface area contributed by atoms with Gasteiger partial charge in [0.2, 0.25) is 0 Å². The highest BCUT2D eigenvalue weighted by Gasteiger charge is 2.26. The van der Waals surface area contributed by atoms with E-state index < -0.39 is 0 Å². The standard InChI is InChI=1S/C67H40N4S/c1-3-15-41(16-4-1)43-19-11-21-47(35-43)65-68-66(48-22-12-20-44(36-48)42-17-5-2-6-18-42)70-67(69-65)49-23-13-24-50(37-49)71-59-33-31-45(46-32-34-62-56(38-46)53-27-9-10-30-61(53)72-62)39-58(59)64-55-29-14-28-54-51-25-7-8-26-52(51)57(63(54)55)40-60(64)71/h1-40H. The van der Waals surface area contributed by atoms with Crippen LogP contribution in [0, 0.1) is 0 Å². The minimum atomic E-state index is 0.606. The zero-order valence-corrected chi connectivity index (χ0v) is 39.6. The highest BCUT2D eigenvalue weighted by Crippen LogP contribution is 2.51. The normalized spacial score (nSPS) is 11.9. The average molecular weight is 933 g/mol. The minimum Gasteiger partial charge on any atom is -0.309 e. The van der Waals surface area contributed by atoms with Crippen molar-refractivity contribution in [3.63, 3.8) is 0 Å². The summed E-state index contributed by atoms with van der Waals surface area (Å²) in [6, 6.07) is 87.5. The first kappa shape index (κ1) is 40.6. The van der Waals surface area contributed by atoms with E-state index in [0.717, 1.165) is 55.7 Å². The van der Waals surface area contributed by atoms with E-state index in [4.69, 9.17) is 15.0 Å². The van der Waals surface area contributed by atoms with Gasteiger partial charge in [-0.15, -0.1) is 11.3 Å². The maximum absolute atomic E-state index is 5.31. The van der Waals surface area contributed by atoms with Crippen LogP contribution in [-0.4, -0.2) is 19.5 Å². The molecular weight excluding hydrogens is 893 g/mol. The second-order valence-electron chi connectivity index (χ2n) is 18.7. The largest absolute Gasteiger partial charge is 0.309 e. The SMILES string of the molecule is c1ccc(-c2cccc(-c3nc(-c4cccc(-c5ccccc5)c4)nc(-c4cccc(-n5c6ccc(-c7ccc8sc9ccccc9c8c7)cc6c6c7cccc8c7c(cc65)-c5ccccc5-8)c4)n3)c2)cc1. The molecule has 3 aromatic heterocycles. The molecule has 0 bridgehead atoms. The fraction of sp³-hybridized carbons (Fsp3) is 0. The number of hydrogen-bond acceptors (Lipinski definition) is 4. The molecule has 0 amide bonds. The van der Waals surface area contributed by atoms with Crippen molar-refractivity contribution in [3.05, 3.63) is 243 Å². The summed E-state index contributed by atoms with van der Waals surface area (Å²) in [5, 5.41) is 7.63. The van der Waals surface area contributed by atoms with Crippen LogP contribution in [0.4, 0.5) is 0 Å². The van der Waals surface area contributed by atoms with Crippen LogP contribution in [0.2, 0.25) is 0 Å². The minimum absolute atomic E-state index is 0.606. The Morgan fingerprint density at radius 1 is 0.264 bits per heavy atom. The number of rotatable bonds is 7. The molecule has 3 heterocycles. The Bertz CT molecular complexity index is 4410. The third kappa shape index (κ3) is 6.48. The van der Waals surface area contributed by atoms with E-state index in [-0.39, 0.29) is 0 Å². The van der Waals surface area contributed by atoms with Crippen molar-refractivity contribution in [2.75, 3.05) is 0 Å². The molecule has 4 nitrogen and oxygen atoms in total. The summed E-state index contributed by atoms with van der Waals surface area (Å²) in [5.74, 6) is 1.84. The Hall–Kier alpha value is -9.29. The fourth-order valence-electron chi connectivity index (χ4n) is 11.2. The van der Waals surface area contributed by atoms with Crippen molar-refractivity contribution in [1.82, 2.24) is 19.5 Å². The molecule has 0 unspecified atom stereocenters. The molecule has 1 aliphatic carbocycles. The van der Waals surface area contributed by atoms with Gasteiger partial charge in [-0.05, 0) is 127 Å². The summed E-state index contributed by atoms with van der Waals surface area (Å²) in [7, 11) is 0. The number of thiophene rings is 1. The number of hydrogen-bond donors (Lipinski definition) is 0. The summed E-state index contributed by atoms with van der Waals surface area (Å²) in [4.78, 5) is 15.9. The molecule has 0 radical (unpaired) electrons. The van der Waals surface area contributed by atoms with Gasteiger partial charge in [-0.3, -0.25) is 0 Å². The molecule has 0 atom stereocenters. The first-order valence-corrected chi connectivity index (χ1v) is 25.2. The van der Waals surface area contributed by atoms with Gasteiger partial charge < -0.3 is 4.57 Å². The van der Waals surface area contributed by atoms with Crippen molar-refractivity contribution in [3.8, 4) is 95.5 Å². The van der Waals surface area contributed by atoms with E-state index in [1.807, 2.05) is 23.5 Å². The smallest absolute Gasteiger partial charge is 0.164 e. The van der Waals surface area contributed by atoms with Crippen LogP contribution in [-0.2, 0) is 0 Å². The zero-order chi connectivity index (χ0) is 47.3. The Morgan fingerprint density at radius 3 is 1.44 bits per heavy atom. The van der Waals surface area contributed by atoms with Gasteiger partial charge in [-0.25, -0.2) is 15.0 Å². The van der Waals surface area contributed by atoms with E-state index in [1.54, 1.807) is 0 Å². The average Bonchev–Trinajstić information content (AvgIpc) is 4.11. The molecule has 72 heavy (non-hydrogen) atoms. The van der Waals surface area contributed by atoms with Gasteiger partial charge >= 0.3 is 0 Å². The Morgan fingerprint density at radius 2 is 0.750 bits per heavy atom. The third-order valence-corrected chi connectivity index (χ3v) is 15.7. The number of aromatic nitrogens is 4. The Balaban J connectivity index is 0.942. The van der Waals surface area contributed by atoms with Crippen LogP contribution >= 0.6 is 11.3 Å². The van der Waals surface area contributed by atoms with E-state index in [0.29, 0.717) is 17.5 Å². The summed E-state index contributed by atoms with van der Waals surface area (Å²) in [5.41, 5.74) is 18.1. The van der Waals surface area contributed by atoms with E-state index in [9.17, 15) is 0 Å². The molecule has 14 aromatic rings. The summed E-state index contributed by atoms with van der Waals surface area (Å²) >= 11 is 1.86. The van der Waals surface area contributed by atoms with Crippen LogP contribution in [0.3, 0.4) is 0 Å². The van der Waals surface area contributed by atoms with Gasteiger partial charge in [-0.1, -0.05) is 182 Å². The number of benzene rings is 11. The van der Waals surface area contributed by atoms with Crippen LogP contribution in [0.25, 0.3) is 148 Å². The summed E-state index contributed by atoms with van der Waals surface area (Å²) < 4.78 is 5.07. The van der Waals surface area contributed by atoms with Gasteiger partial charge in [0, 0.05) is 53.3 Å². The molecule has 334 valence electrons. The molecule has 0 N–H and O–H groups in total. The van der Waals surface area contributed by atoms with Crippen molar-refractivity contribution in [1.29, 1.82) is 0 Å². The molecule has 11 aromatic carbocycles. The third-order valence-electron chi connectivity index (χ3n) is 14.6. The van der Waals surface area contributed by atoms with E-state index >= 15 is 0 Å². The quantitative estimate of drug-likeness (QED) is 0.160. The van der Waals surface area contributed by atoms with Crippen LogP contribution in [0.15, 0.2) is 243 Å². The van der Waals surface area contributed by atoms with Gasteiger partial charge in [-0.2, -0.15) is 0 Å². The van der Waals surface area contributed by atoms with E-state index in [2.05, 4.69) is 235 Å². The number of nitrogens with zero attached hydrogens (tertiary/aromatic N) is 4. The zero-order valence-electron chi connectivity index (χ0n) is 38.8. The Labute approximate surface area is 419 Å².